The lowest BCUT2D eigenvalue weighted by atomic mass is 10.0. The molecular formula is C23H22ClF2N5O. The van der Waals surface area contributed by atoms with Gasteiger partial charge in [-0.2, -0.15) is 0 Å². The Morgan fingerprint density at radius 1 is 1.12 bits per heavy atom. The minimum absolute atomic E-state index is 0.232. The summed E-state index contributed by atoms with van der Waals surface area (Å²) in [5, 5.41) is 3.18. The molecule has 1 aliphatic rings. The second kappa shape index (κ2) is 8.72. The molecule has 166 valence electrons. The van der Waals surface area contributed by atoms with Gasteiger partial charge in [-0.1, -0.05) is 17.7 Å². The van der Waals surface area contributed by atoms with Gasteiger partial charge in [-0.05, 0) is 49.7 Å². The van der Waals surface area contributed by atoms with E-state index < -0.39 is 23.4 Å². The Morgan fingerprint density at radius 2 is 1.84 bits per heavy atom. The van der Waals surface area contributed by atoms with Crippen LogP contribution in [0.2, 0.25) is 5.02 Å². The van der Waals surface area contributed by atoms with Gasteiger partial charge in [0, 0.05) is 47.7 Å². The monoisotopic (exact) mass is 457 g/mol. The third-order valence-corrected chi connectivity index (χ3v) is 5.44. The van der Waals surface area contributed by atoms with Crippen molar-refractivity contribution in [3.8, 4) is 11.1 Å². The first-order chi connectivity index (χ1) is 15.3. The highest BCUT2D eigenvalue weighted by atomic mass is 35.5. The first-order valence-corrected chi connectivity index (χ1v) is 10.5. The van der Waals surface area contributed by atoms with Crippen LogP contribution in [-0.4, -0.2) is 30.6 Å². The maximum atomic E-state index is 15.3. The highest BCUT2D eigenvalue weighted by Crippen LogP contribution is 2.45. The number of nitrogens with zero attached hydrogens (tertiary/aromatic N) is 3. The van der Waals surface area contributed by atoms with Crippen molar-refractivity contribution < 1.29 is 13.6 Å². The van der Waals surface area contributed by atoms with Crippen molar-refractivity contribution in [2.75, 3.05) is 34.8 Å². The number of aromatic nitrogens is 1. The molecule has 0 saturated heterocycles. The molecule has 0 fully saturated rings. The number of pyridine rings is 1. The zero-order chi connectivity index (χ0) is 23.0. The van der Waals surface area contributed by atoms with Gasteiger partial charge in [0.25, 0.3) is 0 Å². The smallest absolute Gasteiger partial charge is 0.334 e. The molecule has 0 radical (unpaired) electrons. The average molecular weight is 458 g/mol. The van der Waals surface area contributed by atoms with E-state index in [0.29, 0.717) is 35.1 Å². The minimum atomic E-state index is -0.894. The van der Waals surface area contributed by atoms with Gasteiger partial charge in [0.1, 0.15) is 11.5 Å². The Balaban J connectivity index is 1.99. The van der Waals surface area contributed by atoms with Crippen LogP contribution in [0.3, 0.4) is 0 Å². The number of hydrogen-bond acceptors (Lipinski definition) is 4. The van der Waals surface area contributed by atoms with E-state index in [1.165, 1.54) is 11.0 Å². The SMILES string of the molecule is CCN1C(=O)N(c2c(F)cc(NCCN)cc2F)c2cc(Cl)ccc2-c2cc(C)cnc21. The molecule has 2 amide bonds. The minimum Gasteiger partial charge on any atom is -0.384 e. The molecule has 0 bridgehead atoms. The molecule has 6 nitrogen and oxygen atoms in total. The quantitative estimate of drug-likeness (QED) is 0.533. The van der Waals surface area contributed by atoms with Gasteiger partial charge < -0.3 is 11.1 Å². The molecule has 1 aliphatic heterocycles. The summed E-state index contributed by atoms with van der Waals surface area (Å²) in [4.78, 5) is 20.5. The molecule has 0 saturated carbocycles. The van der Waals surface area contributed by atoms with Gasteiger partial charge >= 0.3 is 6.03 Å². The van der Waals surface area contributed by atoms with E-state index in [4.69, 9.17) is 17.3 Å². The second-order valence-corrected chi connectivity index (χ2v) is 7.85. The van der Waals surface area contributed by atoms with E-state index >= 15 is 8.78 Å². The predicted molar refractivity (Wildman–Crippen MR) is 124 cm³/mol. The molecule has 1 aromatic heterocycles. The number of rotatable bonds is 5. The molecule has 4 rings (SSSR count). The molecular weight excluding hydrogens is 436 g/mol. The lowest BCUT2D eigenvalue weighted by Crippen LogP contribution is -2.41. The number of nitrogens with one attached hydrogen (secondary N) is 1. The van der Waals surface area contributed by atoms with Crippen molar-refractivity contribution in [2.24, 2.45) is 5.73 Å². The number of urea groups is 1. The number of hydrogen-bond donors (Lipinski definition) is 2. The summed E-state index contributed by atoms with van der Waals surface area (Å²) in [6.45, 7) is 4.56. The normalized spacial score (nSPS) is 13.0. The summed E-state index contributed by atoms with van der Waals surface area (Å²) < 4.78 is 30.6. The third-order valence-electron chi connectivity index (χ3n) is 5.20. The fourth-order valence-electron chi connectivity index (χ4n) is 3.81. The lowest BCUT2D eigenvalue weighted by Gasteiger charge is -2.28. The molecule has 0 aliphatic carbocycles. The number of anilines is 4. The maximum Gasteiger partial charge on any atom is 0.334 e. The number of halogens is 3. The number of fused-ring (bicyclic) bond motifs is 3. The molecule has 0 spiro atoms. The summed E-state index contributed by atoms with van der Waals surface area (Å²) in [5.74, 6) is -1.37. The van der Waals surface area contributed by atoms with Crippen LogP contribution in [0.4, 0.5) is 36.5 Å². The van der Waals surface area contributed by atoms with Gasteiger partial charge in [0.2, 0.25) is 0 Å². The Bertz CT molecular complexity index is 1180. The highest BCUT2D eigenvalue weighted by Gasteiger charge is 2.36. The van der Waals surface area contributed by atoms with Crippen LogP contribution < -0.4 is 20.9 Å². The van der Waals surface area contributed by atoms with E-state index in [1.54, 1.807) is 25.3 Å². The molecule has 2 heterocycles. The first-order valence-electron chi connectivity index (χ1n) is 10.2. The van der Waals surface area contributed by atoms with Crippen molar-refractivity contribution in [1.29, 1.82) is 0 Å². The zero-order valence-corrected chi connectivity index (χ0v) is 18.4. The lowest BCUT2D eigenvalue weighted by molar-refractivity contribution is 0.253. The second-order valence-electron chi connectivity index (χ2n) is 7.41. The van der Waals surface area contributed by atoms with Crippen molar-refractivity contribution in [3.63, 3.8) is 0 Å². The Labute approximate surface area is 189 Å². The van der Waals surface area contributed by atoms with Crippen LogP contribution in [0.25, 0.3) is 11.1 Å². The van der Waals surface area contributed by atoms with Gasteiger partial charge in [-0.3, -0.25) is 9.80 Å². The van der Waals surface area contributed by atoms with Crippen LogP contribution in [0, 0.1) is 18.6 Å². The molecule has 32 heavy (non-hydrogen) atoms. The Hall–Kier alpha value is -3.23. The number of nitrogens with two attached hydrogens (primary N) is 1. The number of amides is 2. The largest absolute Gasteiger partial charge is 0.384 e. The van der Waals surface area contributed by atoms with E-state index in [-0.39, 0.29) is 17.9 Å². The summed E-state index contributed by atoms with van der Waals surface area (Å²) in [6, 6.07) is 8.46. The van der Waals surface area contributed by atoms with Crippen molar-refractivity contribution in [3.05, 3.63) is 64.8 Å². The number of carbonyl (C=O) groups excluding carboxylic acids is 1. The fraction of sp³-hybridized carbons (Fsp3) is 0.217. The van der Waals surface area contributed by atoms with Crippen LogP contribution in [0.5, 0.6) is 0 Å². The molecule has 9 heteroatoms. The van der Waals surface area contributed by atoms with Crippen molar-refractivity contribution in [2.45, 2.75) is 13.8 Å². The maximum absolute atomic E-state index is 15.3. The average Bonchev–Trinajstić information content (AvgIpc) is 2.84. The summed E-state index contributed by atoms with van der Waals surface area (Å²) >= 11 is 6.24. The van der Waals surface area contributed by atoms with E-state index in [1.807, 2.05) is 13.0 Å². The number of aryl methyl sites for hydroxylation is 1. The third kappa shape index (κ3) is 3.76. The summed E-state index contributed by atoms with van der Waals surface area (Å²) in [7, 11) is 0. The van der Waals surface area contributed by atoms with Gasteiger partial charge in [0.05, 0.1) is 5.69 Å². The standard InChI is InChI=1S/C23H22ClF2N5O/c1-3-30-22-17(8-13(2)12-29-22)16-5-4-14(24)9-20(16)31(23(30)32)21-18(25)10-15(11-19(21)26)28-7-6-27/h4-5,8-12,28H,3,6-7,27H2,1-2H3. The van der Waals surface area contributed by atoms with Crippen LogP contribution in [0.15, 0.2) is 42.6 Å². The topological polar surface area (TPSA) is 74.5 Å². The van der Waals surface area contributed by atoms with E-state index in [2.05, 4.69) is 10.3 Å². The zero-order valence-electron chi connectivity index (χ0n) is 17.6. The van der Waals surface area contributed by atoms with Gasteiger partial charge in [0.15, 0.2) is 11.6 Å². The number of benzene rings is 2. The van der Waals surface area contributed by atoms with E-state index in [0.717, 1.165) is 22.6 Å². The van der Waals surface area contributed by atoms with Crippen molar-refractivity contribution in [1.82, 2.24) is 4.98 Å². The van der Waals surface area contributed by atoms with Gasteiger partial charge in [-0.15, -0.1) is 0 Å². The molecule has 3 N–H and O–H groups in total. The van der Waals surface area contributed by atoms with Crippen LogP contribution >= 0.6 is 11.6 Å². The molecule has 3 aromatic rings. The predicted octanol–water partition coefficient (Wildman–Crippen LogP) is 5.46. The molecule has 0 unspecified atom stereocenters. The Morgan fingerprint density at radius 3 is 2.50 bits per heavy atom. The summed E-state index contributed by atoms with van der Waals surface area (Å²) in [6.07, 6.45) is 1.65. The fourth-order valence-corrected chi connectivity index (χ4v) is 3.97. The summed E-state index contributed by atoms with van der Waals surface area (Å²) in [5.41, 5.74) is 7.63. The van der Waals surface area contributed by atoms with Crippen LogP contribution in [-0.2, 0) is 0 Å². The van der Waals surface area contributed by atoms with Gasteiger partial charge in [-0.25, -0.2) is 18.6 Å². The molecule has 0 atom stereocenters. The van der Waals surface area contributed by atoms with Crippen molar-refractivity contribution >= 4 is 40.5 Å². The van der Waals surface area contributed by atoms with E-state index in [9.17, 15) is 4.79 Å². The Kier molecular flexibility index (Phi) is 5.99. The first kappa shape index (κ1) is 22.0. The number of carbonyl (C=O) groups is 1. The molecule has 2 aromatic carbocycles. The highest BCUT2D eigenvalue weighted by molar-refractivity contribution is 6.31. The van der Waals surface area contributed by atoms with Crippen LogP contribution in [0.1, 0.15) is 12.5 Å².